The van der Waals surface area contributed by atoms with Crippen LogP contribution in [0.15, 0.2) is 24.3 Å². The molecular formula is C11H18ClNO2. The topological polar surface area (TPSA) is 66.5 Å². The predicted octanol–water partition coefficient (Wildman–Crippen LogP) is 1.96. The summed E-state index contributed by atoms with van der Waals surface area (Å²) in [6.45, 7) is 4.00. The van der Waals surface area contributed by atoms with E-state index in [1.54, 1.807) is 12.1 Å². The van der Waals surface area contributed by atoms with Crippen LogP contribution in [0.25, 0.3) is 0 Å². The number of halogens is 1. The molecule has 0 radical (unpaired) electrons. The van der Waals surface area contributed by atoms with Crippen molar-refractivity contribution in [3.05, 3.63) is 29.8 Å². The number of phenols is 1. The summed E-state index contributed by atoms with van der Waals surface area (Å²) in [6.07, 6.45) is 0.498. The van der Waals surface area contributed by atoms with Crippen LogP contribution in [0.3, 0.4) is 0 Å². The Hall–Kier alpha value is -0.770. The number of aliphatic hydroxyl groups is 1. The molecule has 0 amide bonds. The van der Waals surface area contributed by atoms with Crippen molar-refractivity contribution in [2.24, 2.45) is 11.7 Å². The molecule has 1 atom stereocenters. The van der Waals surface area contributed by atoms with E-state index in [4.69, 9.17) is 10.8 Å². The molecule has 3 nitrogen and oxygen atoms in total. The van der Waals surface area contributed by atoms with Crippen molar-refractivity contribution < 1.29 is 10.2 Å². The number of hydrogen-bond donors (Lipinski definition) is 3. The molecule has 0 aliphatic carbocycles. The fourth-order valence-electron chi connectivity index (χ4n) is 1.49. The van der Waals surface area contributed by atoms with Gasteiger partial charge in [-0.3, -0.25) is 5.73 Å². The Bertz CT molecular complexity index is 296. The van der Waals surface area contributed by atoms with Crippen LogP contribution in [-0.2, 0) is 5.72 Å². The minimum Gasteiger partial charge on any atom is -0.508 e. The van der Waals surface area contributed by atoms with E-state index in [0.717, 1.165) is 0 Å². The zero-order valence-electron chi connectivity index (χ0n) is 8.97. The Balaban J connectivity index is 0.00000196. The van der Waals surface area contributed by atoms with Gasteiger partial charge >= 0.3 is 0 Å². The second-order valence-corrected chi connectivity index (χ2v) is 4.07. The molecule has 0 fully saturated rings. The number of aromatic hydroxyl groups is 1. The standard InChI is InChI=1S/C11H17NO2.ClH/c1-8(2)7-11(12,14)9-3-5-10(13)6-4-9;/h3-6,8,13-14H,7,12H2,1-2H3;1H. The van der Waals surface area contributed by atoms with Gasteiger partial charge in [-0.2, -0.15) is 0 Å². The molecule has 0 spiro atoms. The lowest BCUT2D eigenvalue weighted by Crippen LogP contribution is -2.37. The highest BCUT2D eigenvalue weighted by atomic mass is 35.5. The number of benzene rings is 1. The molecule has 0 heterocycles. The van der Waals surface area contributed by atoms with Crippen LogP contribution >= 0.6 is 12.4 Å². The smallest absolute Gasteiger partial charge is 0.139 e. The number of rotatable bonds is 3. The SMILES string of the molecule is CC(C)CC(N)(O)c1ccc(O)cc1.Cl. The fraction of sp³-hybridized carbons (Fsp3) is 0.455. The Morgan fingerprint density at radius 2 is 1.73 bits per heavy atom. The van der Waals surface area contributed by atoms with Gasteiger partial charge in [0.1, 0.15) is 11.5 Å². The third-order valence-corrected chi connectivity index (χ3v) is 2.09. The molecule has 1 unspecified atom stereocenters. The van der Waals surface area contributed by atoms with Crippen molar-refractivity contribution in [3.8, 4) is 5.75 Å². The first-order chi connectivity index (χ1) is 6.42. The van der Waals surface area contributed by atoms with E-state index in [1.807, 2.05) is 13.8 Å². The summed E-state index contributed by atoms with van der Waals surface area (Å²) < 4.78 is 0. The molecule has 15 heavy (non-hydrogen) atoms. The van der Waals surface area contributed by atoms with Crippen LogP contribution in [0.4, 0.5) is 0 Å². The van der Waals surface area contributed by atoms with E-state index in [1.165, 1.54) is 12.1 Å². The first-order valence-corrected chi connectivity index (χ1v) is 4.72. The van der Waals surface area contributed by atoms with Crippen molar-refractivity contribution in [1.82, 2.24) is 0 Å². The van der Waals surface area contributed by atoms with Crippen LogP contribution in [0.1, 0.15) is 25.8 Å². The number of nitrogens with two attached hydrogens (primary N) is 1. The molecule has 1 aromatic rings. The van der Waals surface area contributed by atoms with Crippen molar-refractivity contribution in [2.45, 2.75) is 26.0 Å². The van der Waals surface area contributed by atoms with E-state index >= 15 is 0 Å². The first kappa shape index (κ1) is 14.2. The second kappa shape index (κ2) is 5.35. The maximum absolute atomic E-state index is 9.94. The fourth-order valence-corrected chi connectivity index (χ4v) is 1.49. The van der Waals surface area contributed by atoms with Crippen molar-refractivity contribution in [2.75, 3.05) is 0 Å². The lowest BCUT2D eigenvalue weighted by molar-refractivity contribution is 0.0218. The minimum absolute atomic E-state index is 0. The molecule has 4 heteroatoms. The molecule has 0 bridgehead atoms. The van der Waals surface area contributed by atoms with Gasteiger partial charge in [-0.05, 0) is 30.0 Å². The number of phenolic OH excluding ortho intramolecular Hbond substituents is 1. The summed E-state index contributed by atoms with van der Waals surface area (Å²) in [7, 11) is 0. The molecule has 0 aromatic heterocycles. The molecule has 4 N–H and O–H groups in total. The third kappa shape index (κ3) is 4.08. The van der Waals surface area contributed by atoms with Crippen molar-refractivity contribution in [1.29, 1.82) is 0 Å². The molecule has 1 aromatic carbocycles. The maximum atomic E-state index is 9.94. The third-order valence-electron chi connectivity index (χ3n) is 2.09. The lowest BCUT2D eigenvalue weighted by atomic mass is 9.94. The van der Waals surface area contributed by atoms with Crippen LogP contribution < -0.4 is 5.73 Å². The summed E-state index contributed by atoms with van der Waals surface area (Å²) in [5.41, 5.74) is 5.09. The zero-order chi connectivity index (χ0) is 10.8. The van der Waals surface area contributed by atoms with Crippen LogP contribution in [-0.4, -0.2) is 10.2 Å². The van der Waals surface area contributed by atoms with E-state index in [0.29, 0.717) is 17.9 Å². The molecule has 1 rings (SSSR count). The quantitative estimate of drug-likeness (QED) is 0.697. The van der Waals surface area contributed by atoms with Gasteiger partial charge in [0.25, 0.3) is 0 Å². The van der Waals surface area contributed by atoms with Gasteiger partial charge in [0.05, 0.1) is 0 Å². The monoisotopic (exact) mass is 231 g/mol. The molecular weight excluding hydrogens is 214 g/mol. The zero-order valence-corrected chi connectivity index (χ0v) is 9.79. The van der Waals surface area contributed by atoms with Crippen LogP contribution in [0.2, 0.25) is 0 Å². The molecule has 86 valence electrons. The Morgan fingerprint density at radius 1 is 1.27 bits per heavy atom. The van der Waals surface area contributed by atoms with Gasteiger partial charge in [0.15, 0.2) is 0 Å². The predicted molar refractivity (Wildman–Crippen MR) is 62.9 cm³/mol. The summed E-state index contributed by atoms with van der Waals surface area (Å²) in [4.78, 5) is 0. The molecule has 0 saturated heterocycles. The average molecular weight is 232 g/mol. The minimum atomic E-state index is -1.30. The number of hydrogen-bond acceptors (Lipinski definition) is 3. The summed E-state index contributed by atoms with van der Waals surface area (Å²) in [5, 5.41) is 19.0. The highest BCUT2D eigenvalue weighted by Crippen LogP contribution is 2.24. The Labute approximate surface area is 96.3 Å². The molecule has 0 aliphatic rings. The van der Waals surface area contributed by atoms with Crippen molar-refractivity contribution in [3.63, 3.8) is 0 Å². The van der Waals surface area contributed by atoms with Crippen LogP contribution in [0, 0.1) is 5.92 Å². The van der Waals surface area contributed by atoms with Gasteiger partial charge in [-0.1, -0.05) is 26.0 Å². The highest BCUT2D eigenvalue weighted by molar-refractivity contribution is 5.85. The van der Waals surface area contributed by atoms with Gasteiger partial charge < -0.3 is 10.2 Å². The van der Waals surface area contributed by atoms with Gasteiger partial charge in [-0.25, -0.2) is 0 Å². The van der Waals surface area contributed by atoms with E-state index in [9.17, 15) is 5.11 Å². The molecule has 0 aliphatic heterocycles. The average Bonchev–Trinajstić information content (AvgIpc) is 2.02. The van der Waals surface area contributed by atoms with Crippen molar-refractivity contribution >= 4 is 12.4 Å². The van der Waals surface area contributed by atoms with Gasteiger partial charge in [-0.15, -0.1) is 12.4 Å². The highest BCUT2D eigenvalue weighted by Gasteiger charge is 2.24. The first-order valence-electron chi connectivity index (χ1n) is 4.72. The van der Waals surface area contributed by atoms with Gasteiger partial charge in [0, 0.05) is 0 Å². The second-order valence-electron chi connectivity index (χ2n) is 4.07. The van der Waals surface area contributed by atoms with Gasteiger partial charge in [0.2, 0.25) is 0 Å². The molecule has 0 saturated carbocycles. The summed E-state index contributed by atoms with van der Waals surface area (Å²) >= 11 is 0. The Kier molecular flexibility index (Phi) is 5.08. The Morgan fingerprint density at radius 3 is 2.13 bits per heavy atom. The summed E-state index contributed by atoms with van der Waals surface area (Å²) in [5.74, 6) is 0.493. The van der Waals surface area contributed by atoms with E-state index in [-0.39, 0.29) is 18.2 Å². The largest absolute Gasteiger partial charge is 0.508 e. The lowest BCUT2D eigenvalue weighted by Gasteiger charge is -2.25. The van der Waals surface area contributed by atoms with E-state index < -0.39 is 5.72 Å². The normalized spacial score (nSPS) is 14.5. The van der Waals surface area contributed by atoms with E-state index in [2.05, 4.69) is 0 Å². The van der Waals surface area contributed by atoms with Crippen LogP contribution in [0.5, 0.6) is 5.75 Å². The maximum Gasteiger partial charge on any atom is 0.139 e. The summed E-state index contributed by atoms with van der Waals surface area (Å²) in [6, 6.07) is 6.32.